The Morgan fingerprint density at radius 2 is 2.25 bits per heavy atom. The first-order valence-electron chi connectivity index (χ1n) is 3.49. The second-order valence-corrected chi connectivity index (χ2v) is 2.53. The van der Waals surface area contributed by atoms with Gasteiger partial charge in [-0.15, -0.1) is 0 Å². The van der Waals surface area contributed by atoms with Gasteiger partial charge in [-0.3, -0.25) is 0 Å². The van der Waals surface area contributed by atoms with Crippen LogP contribution in [0, 0.1) is 24.1 Å². The average Bonchev–Trinajstić information content (AvgIpc) is 2.08. The van der Waals surface area contributed by atoms with Gasteiger partial charge in [0.25, 0.3) is 0 Å². The fourth-order valence-electron chi connectivity index (χ4n) is 0.975. The molecule has 0 bridgehead atoms. The smallest absolute Gasteiger partial charge is 0.166 e. The van der Waals surface area contributed by atoms with Gasteiger partial charge in [-0.2, -0.15) is 5.26 Å². The summed E-state index contributed by atoms with van der Waals surface area (Å²) >= 11 is 0. The van der Waals surface area contributed by atoms with Crippen LogP contribution < -0.4 is 0 Å². The number of hydrogen-bond donors (Lipinski definition) is 1. The van der Waals surface area contributed by atoms with E-state index in [2.05, 4.69) is 0 Å². The Hall–Kier alpha value is -1.40. The molecule has 12 heavy (non-hydrogen) atoms. The quantitative estimate of drug-likeness (QED) is 0.643. The Labute approximate surface area is 69.9 Å². The molecular weight excluding hydrogens is 157 g/mol. The molecule has 0 aliphatic heterocycles. The van der Waals surface area contributed by atoms with Crippen LogP contribution in [0.15, 0.2) is 18.2 Å². The molecule has 0 fully saturated rings. The van der Waals surface area contributed by atoms with Gasteiger partial charge in [-0.25, -0.2) is 4.39 Å². The molecule has 1 atom stereocenters. The third kappa shape index (κ3) is 1.60. The van der Waals surface area contributed by atoms with Gasteiger partial charge in [0, 0.05) is 5.56 Å². The standard InChI is InChI=1S/C9H8FNO/c1-6-2-3-7(10)4-8(6)9(12)5-11/h2-4,9,12H,1H3. The van der Waals surface area contributed by atoms with Crippen molar-refractivity contribution < 1.29 is 9.50 Å². The number of halogens is 1. The van der Waals surface area contributed by atoms with Crippen LogP contribution in [0.2, 0.25) is 0 Å². The highest BCUT2D eigenvalue weighted by Gasteiger charge is 2.09. The van der Waals surface area contributed by atoms with Crippen LogP contribution in [0.5, 0.6) is 0 Å². The molecule has 2 nitrogen and oxygen atoms in total. The van der Waals surface area contributed by atoms with Crippen molar-refractivity contribution in [3.8, 4) is 6.07 Å². The molecule has 0 heterocycles. The van der Waals surface area contributed by atoms with Crippen molar-refractivity contribution in [2.45, 2.75) is 13.0 Å². The van der Waals surface area contributed by atoms with Crippen LogP contribution in [-0.4, -0.2) is 5.11 Å². The van der Waals surface area contributed by atoms with Crippen LogP contribution in [0.3, 0.4) is 0 Å². The zero-order chi connectivity index (χ0) is 9.14. The molecule has 0 aliphatic rings. The summed E-state index contributed by atoms with van der Waals surface area (Å²) in [6.07, 6.45) is -1.24. The fourth-order valence-corrected chi connectivity index (χ4v) is 0.975. The largest absolute Gasteiger partial charge is 0.374 e. The van der Waals surface area contributed by atoms with Crippen molar-refractivity contribution in [1.82, 2.24) is 0 Å². The number of benzene rings is 1. The first-order valence-corrected chi connectivity index (χ1v) is 3.49. The molecule has 0 radical (unpaired) electrons. The maximum absolute atomic E-state index is 12.6. The Balaban J connectivity index is 3.15. The molecule has 0 aliphatic carbocycles. The molecule has 1 aromatic carbocycles. The van der Waals surface area contributed by atoms with Crippen molar-refractivity contribution in [3.05, 3.63) is 35.1 Å². The lowest BCUT2D eigenvalue weighted by molar-refractivity contribution is 0.234. The van der Waals surface area contributed by atoms with Crippen LogP contribution in [-0.2, 0) is 0 Å². The van der Waals surface area contributed by atoms with Crippen LogP contribution in [0.1, 0.15) is 17.2 Å². The molecule has 1 rings (SSSR count). The number of rotatable bonds is 1. The Morgan fingerprint density at radius 3 is 2.83 bits per heavy atom. The summed E-state index contributed by atoms with van der Waals surface area (Å²) in [5, 5.41) is 17.5. The topological polar surface area (TPSA) is 44.0 Å². The van der Waals surface area contributed by atoms with Crippen molar-refractivity contribution in [3.63, 3.8) is 0 Å². The SMILES string of the molecule is Cc1ccc(F)cc1C(O)C#N. The van der Waals surface area contributed by atoms with E-state index >= 15 is 0 Å². The molecule has 0 saturated heterocycles. The van der Waals surface area contributed by atoms with Gasteiger partial charge < -0.3 is 5.11 Å². The number of nitrogens with zero attached hydrogens (tertiary/aromatic N) is 1. The highest BCUT2D eigenvalue weighted by molar-refractivity contribution is 5.31. The Bertz CT molecular complexity index is 330. The van der Waals surface area contributed by atoms with Gasteiger partial charge in [0.1, 0.15) is 5.82 Å². The van der Waals surface area contributed by atoms with Gasteiger partial charge in [0.15, 0.2) is 6.10 Å². The summed E-state index contributed by atoms with van der Waals surface area (Å²) in [6, 6.07) is 5.64. The summed E-state index contributed by atoms with van der Waals surface area (Å²) in [7, 11) is 0. The zero-order valence-electron chi connectivity index (χ0n) is 6.58. The van der Waals surface area contributed by atoms with E-state index in [-0.39, 0.29) is 0 Å². The minimum Gasteiger partial charge on any atom is -0.374 e. The third-order valence-electron chi connectivity index (χ3n) is 1.66. The predicted octanol–water partition coefficient (Wildman–Crippen LogP) is 1.69. The van der Waals surface area contributed by atoms with E-state index in [9.17, 15) is 4.39 Å². The van der Waals surface area contributed by atoms with Crippen LogP contribution >= 0.6 is 0 Å². The van der Waals surface area contributed by atoms with Gasteiger partial charge >= 0.3 is 0 Å². The van der Waals surface area contributed by atoms with E-state index in [1.807, 2.05) is 0 Å². The van der Waals surface area contributed by atoms with Crippen LogP contribution in [0.4, 0.5) is 4.39 Å². The van der Waals surface area contributed by atoms with Crippen molar-refractivity contribution in [2.24, 2.45) is 0 Å². The van der Waals surface area contributed by atoms with Gasteiger partial charge in [0.05, 0.1) is 6.07 Å². The molecule has 0 spiro atoms. The molecule has 0 saturated carbocycles. The lowest BCUT2D eigenvalue weighted by atomic mass is 10.0. The maximum Gasteiger partial charge on any atom is 0.166 e. The number of aliphatic hydroxyl groups is 1. The molecule has 3 heteroatoms. The normalized spacial score (nSPS) is 12.2. The van der Waals surface area contributed by atoms with E-state index in [4.69, 9.17) is 10.4 Å². The molecule has 1 aromatic rings. The maximum atomic E-state index is 12.6. The van der Waals surface area contributed by atoms with Gasteiger partial charge in [-0.1, -0.05) is 6.07 Å². The van der Waals surface area contributed by atoms with E-state index in [1.54, 1.807) is 13.0 Å². The Morgan fingerprint density at radius 1 is 1.58 bits per heavy atom. The van der Waals surface area contributed by atoms with E-state index in [0.29, 0.717) is 11.1 Å². The Kier molecular flexibility index (Phi) is 2.41. The van der Waals surface area contributed by atoms with Gasteiger partial charge in [0.2, 0.25) is 0 Å². The summed E-state index contributed by atoms with van der Waals surface area (Å²) in [5.41, 5.74) is 1.04. The van der Waals surface area contributed by atoms with Crippen molar-refractivity contribution in [2.75, 3.05) is 0 Å². The second-order valence-electron chi connectivity index (χ2n) is 2.53. The minimum absolute atomic E-state index is 0.331. The molecule has 0 amide bonds. The first-order chi connectivity index (χ1) is 5.65. The van der Waals surface area contributed by atoms with Crippen LogP contribution in [0.25, 0.3) is 0 Å². The number of aryl methyl sites for hydroxylation is 1. The predicted molar refractivity (Wildman–Crippen MR) is 41.7 cm³/mol. The lowest BCUT2D eigenvalue weighted by Gasteiger charge is -2.05. The third-order valence-corrected chi connectivity index (χ3v) is 1.66. The highest BCUT2D eigenvalue weighted by atomic mass is 19.1. The highest BCUT2D eigenvalue weighted by Crippen LogP contribution is 2.17. The molecule has 1 unspecified atom stereocenters. The van der Waals surface area contributed by atoms with E-state index in [1.165, 1.54) is 18.2 Å². The number of aliphatic hydroxyl groups excluding tert-OH is 1. The molecule has 1 N–H and O–H groups in total. The lowest BCUT2D eigenvalue weighted by Crippen LogP contribution is -1.97. The number of nitriles is 1. The number of hydrogen-bond acceptors (Lipinski definition) is 2. The first kappa shape index (κ1) is 8.69. The fraction of sp³-hybridized carbons (Fsp3) is 0.222. The molecular formula is C9H8FNO. The van der Waals surface area contributed by atoms with E-state index < -0.39 is 11.9 Å². The zero-order valence-corrected chi connectivity index (χ0v) is 6.58. The summed E-state index contributed by atoms with van der Waals surface area (Å²) in [4.78, 5) is 0. The van der Waals surface area contributed by atoms with Crippen molar-refractivity contribution in [1.29, 1.82) is 5.26 Å². The van der Waals surface area contributed by atoms with Gasteiger partial charge in [-0.05, 0) is 24.6 Å². The molecule has 62 valence electrons. The second kappa shape index (κ2) is 3.33. The summed E-state index contributed by atoms with van der Waals surface area (Å²) in [6.45, 7) is 1.72. The monoisotopic (exact) mass is 165 g/mol. The van der Waals surface area contributed by atoms with Crippen molar-refractivity contribution >= 4 is 0 Å². The van der Waals surface area contributed by atoms with E-state index in [0.717, 1.165) is 0 Å². The molecule has 0 aromatic heterocycles. The summed E-state index contributed by atoms with van der Waals surface area (Å²) < 4.78 is 12.6. The summed E-state index contributed by atoms with van der Waals surface area (Å²) in [5.74, 6) is -0.440. The minimum atomic E-state index is -1.24. The average molecular weight is 165 g/mol.